The monoisotopic (exact) mass is 412 g/mol. The van der Waals surface area contributed by atoms with E-state index in [0.29, 0.717) is 17.7 Å². The molecule has 0 atom stereocenters. The van der Waals surface area contributed by atoms with E-state index in [0.717, 1.165) is 41.0 Å². The maximum atomic E-state index is 13.6. The molecular formula is C23H19F3N2O2. The number of hydrogen-bond donors (Lipinski definition) is 0. The molecule has 1 aliphatic rings. The molecule has 1 aliphatic carbocycles. The van der Waals surface area contributed by atoms with Gasteiger partial charge in [0.25, 0.3) is 0 Å². The van der Waals surface area contributed by atoms with Crippen molar-refractivity contribution in [3.8, 4) is 11.4 Å². The summed E-state index contributed by atoms with van der Waals surface area (Å²) in [5.41, 5.74) is 3.46. The third-order valence-electron chi connectivity index (χ3n) is 5.29. The highest BCUT2D eigenvalue weighted by molar-refractivity contribution is 5.89. The smallest absolute Gasteiger partial charge is 0.418 e. The summed E-state index contributed by atoms with van der Waals surface area (Å²) >= 11 is 0. The molecule has 0 amide bonds. The van der Waals surface area contributed by atoms with Crippen molar-refractivity contribution in [1.82, 2.24) is 9.78 Å². The molecule has 3 aromatic rings. The van der Waals surface area contributed by atoms with Crippen molar-refractivity contribution in [2.45, 2.75) is 32.5 Å². The Hall–Kier alpha value is -3.35. The van der Waals surface area contributed by atoms with E-state index in [-0.39, 0.29) is 12.3 Å². The second-order valence-corrected chi connectivity index (χ2v) is 7.18. The number of aldehydes is 1. The van der Waals surface area contributed by atoms with Crippen LogP contribution in [0.25, 0.3) is 11.3 Å². The van der Waals surface area contributed by atoms with Crippen molar-refractivity contribution >= 4 is 11.9 Å². The predicted molar refractivity (Wildman–Crippen MR) is 106 cm³/mol. The molecule has 0 saturated carbocycles. The summed E-state index contributed by atoms with van der Waals surface area (Å²) in [7, 11) is 0. The van der Waals surface area contributed by atoms with Crippen LogP contribution in [-0.4, -0.2) is 16.1 Å². The summed E-state index contributed by atoms with van der Waals surface area (Å²) in [6.07, 6.45) is 0.698. The molecule has 1 heterocycles. The second kappa shape index (κ2) is 7.82. The Morgan fingerprint density at radius 3 is 2.70 bits per heavy atom. The second-order valence-electron chi connectivity index (χ2n) is 7.18. The number of fused-ring (bicyclic) bond motifs is 1. The molecule has 0 fully saturated rings. The minimum Gasteiger partial charge on any atom is -0.489 e. The number of benzene rings is 2. The number of aromatic nitrogens is 2. The van der Waals surface area contributed by atoms with Gasteiger partial charge in [-0.25, -0.2) is 4.68 Å². The summed E-state index contributed by atoms with van der Waals surface area (Å²) in [5, 5.41) is 3.90. The van der Waals surface area contributed by atoms with Gasteiger partial charge in [0.15, 0.2) is 0 Å². The Labute approximate surface area is 171 Å². The van der Waals surface area contributed by atoms with Crippen LogP contribution in [0.3, 0.4) is 0 Å². The molecule has 0 aliphatic heterocycles. The van der Waals surface area contributed by atoms with E-state index in [1.807, 2.05) is 19.1 Å². The van der Waals surface area contributed by atoms with E-state index in [9.17, 15) is 18.0 Å². The van der Waals surface area contributed by atoms with Crippen LogP contribution in [0.15, 0.2) is 60.4 Å². The summed E-state index contributed by atoms with van der Waals surface area (Å²) in [5.74, 6) is 0.584. The van der Waals surface area contributed by atoms with Gasteiger partial charge in [0.05, 0.1) is 11.3 Å². The lowest BCUT2D eigenvalue weighted by Gasteiger charge is -2.19. The van der Waals surface area contributed by atoms with Crippen LogP contribution in [0, 0.1) is 0 Å². The Bertz CT molecular complexity index is 1120. The molecular weight excluding hydrogens is 393 g/mol. The quantitative estimate of drug-likeness (QED) is 0.528. The molecule has 7 heteroatoms. The summed E-state index contributed by atoms with van der Waals surface area (Å²) in [4.78, 5) is 11.1. The average molecular weight is 412 g/mol. The molecule has 2 aromatic carbocycles. The fourth-order valence-electron chi connectivity index (χ4n) is 3.69. The topological polar surface area (TPSA) is 44.1 Å². The van der Waals surface area contributed by atoms with Crippen molar-refractivity contribution in [2.75, 3.05) is 0 Å². The number of allylic oxidation sites excluding steroid dienone is 2. The lowest BCUT2D eigenvalue weighted by atomic mass is 9.87. The van der Waals surface area contributed by atoms with E-state index >= 15 is 0 Å². The van der Waals surface area contributed by atoms with E-state index in [2.05, 4.69) is 5.10 Å². The molecule has 154 valence electrons. The molecule has 0 N–H and O–H groups in total. The maximum absolute atomic E-state index is 13.6. The first-order chi connectivity index (χ1) is 14.4. The van der Waals surface area contributed by atoms with E-state index in [4.69, 9.17) is 4.74 Å². The Morgan fingerprint density at radius 2 is 2.00 bits per heavy atom. The van der Waals surface area contributed by atoms with Crippen molar-refractivity contribution in [2.24, 2.45) is 0 Å². The highest BCUT2D eigenvalue weighted by Crippen LogP contribution is 2.35. The number of halogens is 3. The normalized spacial score (nSPS) is 13.9. The van der Waals surface area contributed by atoms with Crippen LogP contribution >= 0.6 is 0 Å². The SMILES string of the molecule is CC1=C(C=O)CCc2cc(OCc3ccc(-n4cccn4)c(C(F)(F)F)c3)ccc21. The largest absolute Gasteiger partial charge is 0.489 e. The number of aryl methyl sites for hydroxylation is 1. The van der Waals surface area contributed by atoms with Crippen LogP contribution in [0.4, 0.5) is 13.2 Å². The van der Waals surface area contributed by atoms with Gasteiger partial charge in [-0.1, -0.05) is 12.1 Å². The molecule has 4 rings (SSSR count). The van der Waals surface area contributed by atoms with E-state index in [1.54, 1.807) is 18.2 Å². The Balaban J connectivity index is 1.56. The average Bonchev–Trinajstić information content (AvgIpc) is 3.26. The molecule has 0 bridgehead atoms. The number of ether oxygens (including phenoxy) is 1. The zero-order chi connectivity index (χ0) is 21.3. The maximum Gasteiger partial charge on any atom is 0.418 e. The Morgan fingerprint density at radius 1 is 1.17 bits per heavy atom. The standard InChI is InChI=1S/C23H19F3N2O2/c1-15-18(13-29)5-4-17-12-19(6-7-20(15)17)30-14-16-3-8-22(28-10-2-9-27-28)21(11-16)23(24,25)26/h2-3,6-13H,4-5,14H2,1H3. The minimum absolute atomic E-state index is 0.00959. The first-order valence-corrected chi connectivity index (χ1v) is 9.48. The van der Waals surface area contributed by atoms with Gasteiger partial charge >= 0.3 is 6.18 Å². The van der Waals surface area contributed by atoms with Gasteiger partial charge < -0.3 is 4.74 Å². The van der Waals surface area contributed by atoms with Gasteiger partial charge in [0, 0.05) is 12.4 Å². The van der Waals surface area contributed by atoms with Gasteiger partial charge in [-0.3, -0.25) is 4.79 Å². The van der Waals surface area contributed by atoms with Crippen LogP contribution in [0.5, 0.6) is 5.75 Å². The van der Waals surface area contributed by atoms with Gasteiger partial charge in [-0.2, -0.15) is 18.3 Å². The van der Waals surface area contributed by atoms with Gasteiger partial charge in [0.2, 0.25) is 0 Å². The molecule has 0 spiro atoms. The van der Waals surface area contributed by atoms with Crippen molar-refractivity contribution in [3.63, 3.8) is 0 Å². The molecule has 4 nitrogen and oxygen atoms in total. The number of carbonyl (C=O) groups is 1. The van der Waals surface area contributed by atoms with Crippen LogP contribution in [0.2, 0.25) is 0 Å². The first kappa shape index (κ1) is 19.9. The number of carbonyl (C=O) groups excluding carboxylic acids is 1. The van der Waals surface area contributed by atoms with Gasteiger partial charge in [-0.15, -0.1) is 0 Å². The molecule has 30 heavy (non-hydrogen) atoms. The minimum atomic E-state index is -4.51. The summed E-state index contributed by atoms with van der Waals surface area (Å²) in [6.45, 7) is 1.93. The van der Waals surface area contributed by atoms with Crippen molar-refractivity contribution in [1.29, 1.82) is 0 Å². The number of hydrogen-bond acceptors (Lipinski definition) is 3. The molecule has 0 radical (unpaired) electrons. The van der Waals surface area contributed by atoms with Gasteiger partial charge in [-0.05, 0) is 77.9 Å². The summed E-state index contributed by atoms with van der Waals surface area (Å²) in [6, 6.07) is 11.2. The zero-order valence-corrected chi connectivity index (χ0v) is 16.2. The lowest BCUT2D eigenvalue weighted by Crippen LogP contribution is -2.12. The molecule has 1 aromatic heterocycles. The van der Waals surface area contributed by atoms with E-state index in [1.165, 1.54) is 23.1 Å². The highest BCUT2D eigenvalue weighted by Gasteiger charge is 2.34. The van der Waals surface area contributed by atoms with Crippen LogP contribution < -0.4 is 4.74 Å². The zero-order valence-electron chi connectivity index (χ0n) is 16.2. The van der Waals surface area contributed by atoms with Crippen molar-refractivity contribution in [3.05, 3.63) is 82.7 Å². The van der Waals surface area contributed by atoms with Gasteiger partial charge in [0.1, 0.15) is 18.6 Å². The van der Waals surface area contributed by atoms with Crippen molar-refractivity contribution < 1.29 is 22.7 Å². The lowest BCUT2D eigenvalue weighted by molar-refractivity contribution is -0.137. The first-order valence-electron chi connectivity index (χ1n) is 9.48. The molecule has 0 unspecified atom stereocenters. The highest BCUT2D eigenvalue weighted by atomic mass is 19.4. The predicted octanol–water partition coefficient (Wildman–Crippen LogP) is 5.39. The Kier molecular flexibility index (Phi) is 5.20. The number of alkyl halides is 3. The van der Waals surface area contributed by atoms with Crippen LogP contribution in [-0.2, 0) is 24.0 Å². The third kappa shape index (κ3) is 3.87. The number of rotatable bonds is 5. The third-order valence-corrected chi connectivity index (χ3v) is 5.29. The molecule has 0 saturated heterocycles. The fourth-order valence-corrected chi connectivity index (χ4v) is 3.69. The van der Waals surface area contributed by atoms with E-state index < -0.39 is 11.7 Å². The summed E-state index contributed by atoms with van der Waals surface area (Å²) < 4.78 is 47.6. The number of nitrogens with zero attached hydrogens (tertiary/aromatic N) is 2. The fraction of sp³-hybridized carbons (Fsp3) is 0.217. The van der Waals surface area contributed by atoms with Crippen LogP contribution in [0.1, 0.15) is 35.6 Å².